The molecule has 0 radical (unpaired) electrons. The summed E-state index contributed by atoms with van der Waals surface area (Å²) in [6.45, 7) is 2.84. The van der Waals surface area contributed by atoms with E-state index in [2.05, 4.69) is 15.0 Å². The zero-order valence-electron chi connectivity index (χ0n) is 10.8. The van der Waals surface area contributed by atoms with E-state index < -0.39 is 0 Å². The van der Waals surface area contributed by atoms with Crippen molar-refractivity contribution in [1.82, 2.24) is 15.0 Å². The van der Waals surface area contributed by atoms with Gasteiger partial charge in [0.25, 0.3) is 0 Å². The summed E-state index contributed by atoms with van der Waals surface area (Å²) in [6.07, 6.45) is 0. The molecule has 6 nitrogen and oxygen atoms in total. The highest BCUT2D eigenvalue weighted by molar-refractivity contribution is 6.30. The van der Waals surface area contributed by atoms with Gasteiger partial charge in [-0.3, -0.25) is 0 Å². The number of morpholine rings is 1. The van der Waals surface area contributed by atoms with Crippen molar-refractivity contribution in [3.8, 4) is 11.4 Å². The second-order valence-corrected chi connectivity index (χ2v) is 4.86. The van der Waals surface area contributed by atoms with Crippen LogP contribution in [-0.4, -0.2) is 41.3 Å². The number of nitrogen functional groups attached to an aromatic ring is 1. The molecule has 1 aliphatic rings. The summed E-state index contributed by atoms with van der Waals surface area (Å²) in [7, 11) is 0. The quantitative estimate of drug-likeness (QED) is 0.906. The van der Waals surface area contributed by atoms with Crippen molar-refractivity contribution in [3.05, 3.63) is 29.3 Å². The van der Waals surface area contributed by atoms with Gasteiger partial charge in [0.1, 0.15) is 0 Å². The number of aromatic nitrogens is 3. The maximum absolute atomic E-state index is 5.88. The van der Waals surface area contributed by atoms with Gasteiger partial charge < -0.3 is 15.4 Å². The molecule has 0 atom stereocenters. The Morgan fingerprint density at radius 1 is 1.05 bits per heavy atom. The van der Waals surface area contributed by atoms with Crippen molar-refractivity contribution in [2.24, 2.45) is 0 Å². The molecule has 7 heteroatoms. The first-order valence-corrected chi connectivity index (χ1v) is 6.70. The van der Waals surface area contributed by atoms with E-state index in [1.807, 2.05) is 17.0 Å². The van der Waals surface area contributed by atoms with Crippen molar-refractivity contribution < 1.29 is 4.74 Å². The summed E-state index contributed by atoms with van der Waals surface area (Å²) in [5.41, 5.74) is 6.65. The minimum Gasteiger partial charge on any atom is -0.378 e. The van der Waals surface area contributed by atoms with E-state index >= 15 is 0 Å². The van der Waals surface area contributed by atoms with E-state index in [1.165, 1.54) is 0 Å². The van der Waals surface area contributed by atoms with Crippen LogP contribution in [0.2, 0.25) is 5.02 Å². The predicted octanol–water partition coefficient (Wildman–Crippen LogP) is 1.61. The predicted molar refractivity (Wildman–Crippen MR) is 77.7 cm³/mol. The lowest BCUT2D eigenvalue weighted by molar-refractivity contribution is 0.122. The Hall–Kier alpha value is -1.92. The molecule has 0 amide bonds. The number of rotatable bonds is 2. The average Bonchev–Trinajstić information content (AvgIpc) is 2.48. The molecule has 0 spiro atoms. The maximum Gasteiger partial charge on any atom is 0.230 e. The lowest BCUT2D eigenvalue weighted by atomic mass is 10.2. The normalized spacial score (nSPS) is 15.3. The van der Waals surface area contributed by atoms with Gasteiger partial charge in [-0.2, -0.15) is 15.0 Å². The molecule has 0 aliphatic carbocycles. The van der Waals surface area contributed by atoms with Crippen molar-refractivity contribution in [2.45, 2.75) is 0 Å². The molecule has 3 rings (SSSR count). The summed E-state index contributed by atoms with van der Waals surface area (Å²) in [6, 6.07) is 7.32. The molecular formula is C13H14ClN5O. The van der Waals surface area contributed by atoms with Gasteiger partial charge in [-0.25, -0.2) is 0 Å². The first kappa shape index (κ1) is 13.1. The van der Waals surface area contributed by atoms with Gasteiger partial charge in [0.05, 0.1) is 13.2 Å². The van der Waals surface area contributed by atoms with Crippen LogP contribution in [0.4, 0.5) is 11.9 Å². The number of nitrogens with two attached hydrogens (primary N) is 1. The Labute approximate surface area is 121 Å². The number of anilines is 2. The molecule has 2 aromatic rings. The lowest BCUT2D eigenvalue weighted by Crippen LogP contribution is -2.37. The van der Waals surface area contributed by atoms with E-state index in [9.17, 15) is 0 Å². The van der Waals surface area contributed by atoms with E-state index in [-0.39, 0.29) is 5.95 Å². The molecular weight excluding hydrogens is 278 g/mol. The van der Waals surface area contributed by atoms with Crippen LogP contribution in [-0.2, 0) is 4.74 Å². The van der Waals surface area contributed by atoms with Crippen molar-refractivity contribution >= 4 is 23.5 Å². The molecule has 1 aromatic heterocycles. The Kier molecular flexibility index (Phi) is 3.66. The van der Waals surface area contributed by atoms with Crippen LogP contribution in [0.1, 0.15) is 0 Å². The van der Waals surface area contributed by atoms with E-state index in [1.54, 1.807) is 12.1 Å². The molecule has 0 saturated carbocycles. The summed E-state index contributed by atoms with van der Waals surface area (Å²) >= 11 is 5.88. The highest BCUT2D eigenvalue weighted by atomic mass is 35.5. The number of hydrogen-bond donors (Lipinski definition) is 1. The minimum atomic E-state index is 0.214. The fourth-order valence-corrected chi connectivity index (χ4v) is 2.14. The van der Waals surface area contributed by atoms with Crippen LogP contribution in [0.5, 0.6) is 0 Å². The smallest absolute Gasteiger partial charge is 0.230 e. The fraction of sp³-hybridized carbons (Fsp3) is 0.308. The van der Waals surface area contributed by atoms with Gasteiger partial charge in [-0.05, 0) is 24.3 Å². The highest BCUT2D eigenvalue weighted by Gasteiger charge is 2.16. The van der Waals surface area contributed by atoms with Crippen LogP contribution in [0.15, 0.2) is 24.3 Å². The molecule has 1 aliphatic heterocycles. The second kappa shape index (κ2) is 5.60. The van der Waals surface area contributed by atoms with Crippen LogP contribution in [0.25, 0.3) is 11.4 Å². The topological polar surface area (TPSA) is 77.2 Å². The van der Waals surface area contributed by atoms with Crippen molar-refractivity contribution in [1.29, 1.82) is 0 Å². The van der Waals surface area contributed by atoms with Gasteiger partial charge >= 0.3 is 0 Å². The molecule has 2 heterocycles. The Morgan fingerprint density at radius 3 is 2.45 bits per heavy atom. The molecule has 0 bridgehead atoms. The Balaban J connectivity index is 1.95. The third-order valence-corrected chi connectivity index (χ3v) is 3.29. The summed E-state index contributed by atoms with van der Waals surface area (Å²) in [5.74, 6) is 1.35. The van der Waals surface area contributed by atoms with Crippen molar-refractivity contribution in [2.75, 3.05) is 36.9 Å². The number of nitrogens with zero attached hydrogens (tertiary/aromatic N) is 4. The zero-order valence-corrected chi connectivity index (χ0v) is 11.5. The summed E-state index contributed by atoms with van der Waals surface area (Å²) in [4.78, 5) is 14.9. The second-order valence-electron chi connectivity index (χ2n) is 4.42. The van der Waals surface area contributed by atoms with E-state index in [0.717, 1.165) is 18.7 Å². The lowest BCUT2D eigenvalue weighted by Gasteiger charge is -2.26. The van der Waals surface area contributed by atoms with Gasteiger partial charge in [-0.15, -0.1) is 0 Å². The fourth-order valence-electron chi connectivity index (χ4n) is 2.01. The van der Waals surface area contributed by atoms with E-state index in [4.69, 9.17) is 22.1 Å². The molecule has 1 saturated heterocycles. The first-order valence-electron chi connectivity index (χ1n) is 6.32. The van der Waals surface area contributed by atoms with Gasteiger partial charge in [-0.1, -0.05) is 11.6 Å². The van der Waals surface area contributed by atoms with Gasteiger partial charge in [0, 0.05) is 23.7 Å². The molecule has 2 N–H and O–H groups in total. The molecule has 20 heavy (non-hydrogen) atoms. The Bertz CT molecular complexity index is 598. The maximum atomic E-state index is 5.88. The molecule has 104 valence electrons. The minimum absolute atomic E-state index is 0.214. The van der Waals surface area contributed by atoms with Crippen LogP contribution in [0, 0.1) is 0 Å². The number of hydrogen-bond acceptors (Lipinski definition) is 6. The van der Waals surface area contributed by atoms with Crippen LogP contribution in [0.3, 0.4) is 0 Å². The number of ether oxygens (including phenoxy) is 1. The van der Waals surface area contributed by atoms with Crippen LogP contribution < -0.4 is 10.6 Å². The SMILES string of the molecule is Nc1nc(-c2ccc(Cl)cc2)nc(N2CCOCC2)n1. The number of halogens is 1. The molecule has 1 aromatic carbocycles. The van der Waals surface area contributed by atoms with Crippen molar-refractivity contribution in [3.63, 3.8) is 0 Å². The third-order valence-electron chi connectivity index (χ3n) is 3.04. The largest absolute Gasteiger partial charge is 0.378 e. The first-order chi connectivity index (χ1) is 9.72. The number of benzene rings is 1. The average molecular weight is 292 g/mol. The van der Waals surface area contributed by atoms with Gasteiger partial charge in [0.2, 0.25) is 11.9 Å². The monoisotopic (exact) mass is 291 g/mol. The third kappa shape index (κ3) is 2.81. The van der Waals surface area contributed by atoms with Gasteiger partial charge in [0.15, 0.2) is 5.82 Å². The summed E-state index contributed by atoms with van der Waals surface area (Å²) in [5, 5.41) is 0.671. The summed E-state index contributed by atoms with van der Waals surface area (Å²) < 4.78 is 5.32. The van der Waals surface area contributed by atoms with Crippen LogP contribution >= 0.6 is 11.6 Å². The van der Waals surface area contributed by atoms with E-state index in [0.29, 0.717) is 30.0 Å². The zero-order chi connectivity index (χ0) is 13.9. The Morgan fingerprint density at radius 2 is 1.75 bits per heavy atom. The standard InChI is InChI=1S/C13H14ClN5O/c14-10-3-1-9(2-4-10)11-16-12(15)18-13(17-11)19-5-7-20-8-6-19/h1-4H,5-8H2,(H2,15,16,17,18). The molecule has 1 fully saturated rings. The molecule has 0 unspecified atom stereocenters. The highest BCUT2D eigenvalue weighted by Crippen LogP contribution is 2.21.